The molecule has 0 aliphatic rings. The number of hydrogen-bond donors (Lipinski definition) is 2. The van der Waals surface area contributed by atoms with Crippen molar-refractivity contribution in [3.63, 3.8) is 0 Å². The lowest BCUT2D eigenvalue weighted by molar-refractivity contribution is 0.110. The topological polar surface area (TPSA) is 55.3 Å². The Morgan fingerprint density at radius 2 is 1.68 bits per heavy atom. The van der Waals surface area contributed by atoms with Crippen molar-refractivity contribution in [1.29, 1.82) is 0 Å². The Hall–Kier alpha value is -0.260. The van der Waals surface area contributed by atoms with E-state index in [1.165, 1.54) is 0 Å². The van der Waals surface area contributed by atoms with Gasteiger partial charge in [0.2, 0.25) is 0 Å². The summed E-state index contributed by atoms with van der Waals surface area (Å²) in [5, 5.41) is 10.9. The van der Waals surface area contributed by atoms with E-state index in [1.807, 2.05) is 33.8 Å². The maximum Gasteiger partial charge on any atom is 0.136 e. The van der Waals surface area contributed by atoms with Crippen LogP contribution in [0.1, 0.15) is 79.9 Å². The molecule has 3 nitrogen and oxygen atoms in total. The smallest absolute Gasteiger partial charge is 0.136 e. The molecular formula is C23H40ClNO2S. The van der Waals surface area contributed by atoms with E-state index in [0.29, 0.717) is 0 Å². The monoisotopic (exact) mass is 429 g/mol. The first-order valence-electron chi connectivity index (χ1n) is 10.2. The Bertz CT molecular complexity index is 636. The van der Waals surface area contributed by atoms with Gasteiger partial charge < -0.3 is 9.66 Å². The molecule has 0 bridgehead atoms. The average Bonchev–Trinajstić information content (AvgIpc) is 2.51. The fourth-order valence-electron chi connectivity index (χ4n) is 3.34. The molecule has 0 unspecified atom stereocenters. The Morgan fingerprint density at radius 3 is 2.07 bits per heavy atom. The van der Waals surface area contributed by atoms with E-state index in [4.69, 9.17) is 11.6 Å². The number of benzene rings is 1. The van der Waals surface area contributed by atoms with Crippen molar-refractivity contribution in [2.75, 3.05) is 6.61 Å². The van der Waals surface area contributed by atoms with E-state index in [-0.39, 0.29) is 23.9 Å². The highest BCUT2D eigenvalue weighted by molar-refractivity contribution is 7.90. The molecule has 0 spiro atoms. The van der Waals surface area contributed by atoms with Crippen LogP contribution in [0.3, 0.4) is 0 Å². The predicted molar refractivity (Wildman–Crippen MR) is 123 cm³/mol. The lowest BCUT2D eigenvalue weighted by atomic mass is 9.74. The van der Waals surface area contributed by atoms with Crippen molar-refractivity contribution in [1.82, 2.24) is 4.72 Å². The molecule has 0 saturated heterocycles. The van der Waals surface area contributed by atoms with Gasteiger partial charge in [0.15, 0.2) is 0 Å². The van der Waals surface area contributed by atoms with E-state index in [2.05, 4.69) is 51.5 Å². The van der Waals surface area contributed by atoms with Gasteiger partial charge in [0.05, 0.1) is 5.54 Å². The average molecular weight is 430 g/mol. The fraction of sp³-hybridized carbons (Fsp3) is 0.739. The molecule has 1 rings (SSSR count). The summed E-state index contributed by atoms with van der Waals surface area (Å²) in [5.74, 6) is 0.106. The SMILES string of the molecule is CC(C)[C@H](CO)[C@@](C)(N[S@@+]([O-])C(C)(C)C)c1ccc(CCC(C)(C)C)c(Cl)c1. The zero-order valence-electron chi connectivity index (χ0n) is 19.1. The third-order valence-corrected chi connectivity index (χ3v) is 7.47. The molecule has 0 fully saturated rings. The minimum atomic E-state index is -1.28. The van der Waals surface area contributed by atoms with Crippen LogP contribution in [0.2, 0.25) is 5.02 Å². The Balaban J connectivity index is 3.32. The third kappa shape index (κ3) is 6.91. The zero-order chi connectivity index (χ0) is 21.9. The molecule has 2 N–H and O–H groups in total. The largest absolute Gasteiger partial charge is 0.598 e. The molecule has 3 atom stereocenters. The number of aliphatic hydroxyl groups is 1. The number of nitrogens with one attached hydrogen (secondary N) is 1. The van der Waals surface area contributed by atoms with Gasteiger partial charge in [-0.3, -0.25) is 0 Å². The van der Waals surface area contributed by atoms with Crippen molar-refractivity contribution in [2.24, 2.45) is 17.3 Å². The normalized spacial score (nSPS) is 17.5. The molecule has 28 heavy (non-hydrogen) atoms. The van der Waals surface area contributed by atoms with Crippen LogP contribution in [0.5, 0.6) is 0 Å². The lowest BCUT2D eigenvalue weighted by Crippen LogP contribution is -2.55. The van der Waals surface area contributed by atoms with Gasteiger partial charge in [-0.05, 0) is 69.1 Å². The predicted octanol–water partition coefficient (Wildman–Crippen LogP) is 5.85. The molecule has 1 aromatic carbocycles. The second-order valence-corrected chi connectivity index (χ2v) is 13.0. The second kappa shape index (κ2) is 9.70. The van der Waals surface area contributed by atoms with E-state index in [1.54, 1.807) is 0 Å². The fourth-order valence-corrected chi connectivity index (χ4v) is 4.57. The van der Waals surface area contributed by atoms with Crippen LogP contribution in [-0.4, -0.2) is 21.0 Å². The van der Waals surface area contributed by atoms with E-state index in [9.17, 15) is 9.66 Å². The highest BCUT2D eigenvalue weighted by Crippen LogP contribution is 2.38. The lowest BCUT2D eigenvalue weighted by Gasteiger charge is -2.42. The number of aryl methyl sites for hydroxylation is 1. The standard InChI is InChI=1S/C23H40ClNO2S/c1-16(2)19(15-26)23(9,25-28(27)22(6,7)8)18-11-10-17(20(24)14-18)12-13-21(3,4)5/h10-11,14,16,19,25-26H,12-13,15H2,1-9H3/t19-,23-,28-/m0/s1. The van der Waals surface area contributed by atoms with E-state index >= 15 is 0 Å². The van der Waals surface area contributed by atoms with Crippen LogP contribution in [-0.2, 0) is 23.3 Å². The summed E-state index contributed by atoms with van der Waals surface area (Å²) in [7, 11) is 0. The molecular weight excluding hydrogens is 390 g/mol. The summed E-state index contributed by atoms with van der Waals surface area (Å²) >= 11 is 5.37. The van der Waals surface area contributed by atoms with Gasteiger partial charge in [-0.25, -0.2) is 0 Å². The first-order chi connectivity index (χ1) is 12.6. The quantitative estimate of drug-likeness (QED) is 0.509. The van der Waals surface area contributed by atoms with Crippen LogP contribution in [0.15, 0.2) is 18.2 Å². The highest BCUT2D eigenvalue weighted by Gasteiger charge is 2.44. The van der Waals surface area contributed by atoms with E-state index in [0.717, 1.165) is 29.0 Å². The second-order valence-electron chi connectivity index (χ2n) is 10.6. The summed E-state index contributed by atoms with van der Waals surface area (Å²) in [6, 6.07) is 6.14. The van der Waals surface area contributed by atoms with Crippen LogP contribution in [0.25, 0.3) is 0 Å². The minimum absolute atomic E-state index is 0.00586. The molecule has 162 valence electrons. The molecule has 0 aliphatic heterocycles. The number of rotatable bonds is 8. The first kappa shape index (κ1) is 25.8. The third-order valence-electron chi connectivity index (χ3n) is 5.40. The van der Waals surface area contributed by atoms with Gasteiger partial charge in [-0.1, -0.05) is 58.4 Å². The molecule has 0 heterocycles. The van der Waals surface area contributed by atoms with Crippen molar-refractivity contribution < 1.29 is 9.66 Å². The molecule has 0 aromatic heterocycles. The summed E-state index contributed by atoms with van der Waals surface area (Å²) in [5.41, 5.74) is 1.68. The summed E-state index contributed by atoms with van der Waals surface area (Å²) < 4.78 is 15.9. The summed E-state index contributed by atoms with van der Waals surface area (Å²) in [4.78, 5) is 0. The Kier molecular flexibility index (Phi) is 8.93. The summed E-state index contributed by atoms with van der Waals surface area (Å²) in [6.45, 7) is 18.7. The number of aliphatic hydroxyl groups excluding tert-OH is 1. The van der Waals surface area contributed by atoms with Crippen molar-refractivity contribution in [3.05, 3.63) is 34.3 Å². The maximum atomic E-state index is 12.9. The van der Waals surface area contributed by atoms with Crippen LogP contribution >= 0.6 is 11.6 Å². The van der Waals surface area contributed by atoms with Crippen molar-refractivity contribution >= 4 is 23.0 Å². The van der Waals surface area contributed by atoms with Crippen molar-refractivity contribution in [3.8, 4) is 0 Å². The van der Waals surface area contributed by atoms with Crippen LogP contribution in [0, 0.1) is 17.3 Å². The van der Waals surface area contributed by atoms with Gasteiger partial charge >= 0.3 is 0 Å². The molecule has 0 amide bonds. The number of halogens is 1. The minimum Gasteiger partial charge on any atom is -0.598 e. The molecule has 0 radical (unpaired) electrons. The van der Waals surface area contributed by atoms with Crippen LogP contribution in [0.4, 0.5) is 0 Å². The van der Waals surface area contributed by atoms with Gasteiger partial charge in [0.25, 0.3) is 0 Å². The maximum absolute atomic E-state index is 12.9. The molecule has 0 saturated carbocycles. The van der Waals surface area contributed by atoms with Gasteiger partial charge in [-0.2, -0.15) is 0 Å². The van der Waals surface area contributed by atoms with Crippen LogP contribution < -0.4 is 4.72 Å². The Labute approximate surface area is 181 Å². The van der Waals surface area contributed by atoms with Crippen molar-refractivity contribution in [2.45, 2.75) is 85.4 Å². The van der Waals surface area contributed by atoms with Gasteiger partial charge in [0.1, 0.15) is 4.75 Å². The first-order valence-corrected chi connectivity index (χ1v) is 11.7. The Morgan fingerprint density at radius 1 is 1.11 bits per heavy atom. The molecule has 0 aliphatic carbocycles. The molecule has 5 heteroatoms. The number of hydrogen-bond acceptors (Lipinski definition) is 3. The molecule has 1 aromatic rings. The zero-order valence-corrected chi connectivity index (χ0v) is 20.7. The van der Waals surface area contributed by atoms with Gasteiger partial charge in [-0.15, -0.1) is 4.72 Å². The highest BCUT2D eigenvalue weighted by atomic mass is 35.5. The van der Waals surface area contributed by atoms with Gasteiger partial charge in [0, 0.05) is 28.9 Å². The summed E-state index contributed by atoms with van der Waals surface area (Å²) in [6.07, 6.45) is 1.98. The van der Waals surface area contributed by atoms with E-state index < -0.39 is 21.6 Å².